The summed E-state index contributed by atoms with van der Waals surface area (Å²) >= 11 is 0. The number of aromatic nitrogens is 1. The average molecular weight is 281 g/mol. The van der Waals surface area contributed by atoms with E-state index in [4.69, 9.17) is 5.11 Å². The summed E-state index contributed by atoms with van der Waals surface area (Å²) in [6, 6.07) is 2.50. The van der Waals surface area contributed by atoms with Gasteiger partial charge in [-0.1, -0.05) is 0 Å². The van der Waals surface area contributed by atoms with Crippen molar-refractivity contribution < 1.29 is 24.2 Å². The molecule has 3 amide bonds. The molecule has 0 fully saturated rings. The van der Waals surface area contributed by atoms with E-state index in [1.54, 1.807) is 31.5 Å². The van der Waals surface area contributed by atoms with E-state index in [9.17, 15) is 14.4 Å². The number of imide groups is 1. The zero-order valence-corrected chi connectivity index (χ0v) is 10.8. The normalized spacial score (nSPS) is 11.4. The maximum atomic E-state index is 11.5. The topological polar surface area (TPSA) is 118 Å². The van der Waals surface area contributed by atoms with E-state index < -0.39 is 31.1 Å². The fourth-order valence-electron chi connectivity index (χ4n) is 1.36. The number of nitrogens with one attached hydrogen (secondary N) is 2. The summed E-state index contributed by atoms with van der Waals surface area (Å²) in [6.45, 7) is 0.659. The van der Waals surface area contributed by atoms with Crippen molar-refractivity contribution in [1.29, 1.82) is 0 Å². The van der Waals surface area contributed by atoms with Gasteiger partial charge in [0.05, 0.1) is 6.04 Å². The summed E-state index contributed by atoms with van der Waals surface area (Å²) in [4.78, 5) is 36.8. The highest BCUT2D eigenvalue weighted by Crippen LogP contribution is 2.09. The molecular weight excluding hydrogens is 266 g/mol. The van der Waals surface area contributed by atoms with Crippen LogP contribution in [-0.2, 0) is 14.3 Å². The Morgan fingerprint density at radius 1 is 1.30 bits per heavy atom. The van der Waals surface area contributed by atoms with E-state index in [0.717, 1.165) is 5.56 Å². The molecule has 0 aliphatic rings. The molecule has 1 rings (SSSR count). The van der Waals surface area contributed by atoms with Gasteiger partial charge in [0.15, 0.2) is 0 Å². The molecule has 1 unspecified atom stereocenters. The van der Waals surface area contributed by atoms with Crippen molar-refractivity contribution in [3.63, 3.8) is 0 Å². The Labute approximate surface area is 115 Å². The van der Waals surface area contributed by atoms with E-state index in [1.807, 2.05) is 5.32 Å². The second-order valence-corrected chi connectivity index (χ2v) is 3.91. The molecule has 20 heavy (non-hydrogen) atoms. The largest absolute Gasteiger partial charge is 0.480 e. The summed E-state index contributed by atoms with van der Waals surface area (Å²) in [5.41, 5.74) is 0.838. The number of nitrogens with zero attached hydrogens (tertiary/aromatic N) is 1. The number of urea groups is 1. The van der Waals surface area contributed by atoms with Crippen molar-refractivity contribution >= 4 is 17.9 Å². The fraction of sp³-hybridized carbons (Fsp3) is 0.333. The third-order valence-electron chi connectivity index (χ3n) is 2.27. The zero-order valence-electron chi connectivity index (χ0n) is 10.8. The Balaban J connectivity index is 2.32. The molecule has 0 aromatic carbocycles. The second kappa shape index (κ2) is 7.85. The zero-order chi connectivity index (χ0) is 15.0. The molecule has 0 saturated heterocycles. The molecule has 1 atom stereocenters. The number of pyridine rings is 1. The van der Waals surface area contributed by atoms with Gasteiger partial charge in [-0.25, -0.2) is 9.59 Å². The minimum Gasteiger partial charge on any atom is -0.480 e. The number of carboxylic acids is 1. The SMILES string of the molecule is CC(NC(=O)NC(=O)COCC(=O)O)c1ccncc1. The molecule has 3 N–H and O–H groups in total. The van der Waals surface area contributed by atoms with Gasteiger partial charge in [0.1, 0.15) is 13.2 Å². The summed E-state index contributed by atoms with van der Waals surface area (Å²) in [5.74, 6) is -1.90. The molecule has 0 radical (unpaired) electrons. The van der Waals surface area contributed by atoms with Crippen LogP contribution in [0.15, 0.2) is 24.5 Å². The fourth-order valence-corrected chi connectivity index (χ4v) is 1.36. The molecule has 0 saturated carbocycles. The second-order valence-electron chi connectivity index (χ2n) is 3.91. The first kappa shape index (κ1) is 15.6. The maximum Gasteiger partial charge on any atom is 0.329 e. The molecule has 0 aliphatic heterocycles. The number of carbonyl (C=O) groups excluding carboxylic acids is 2. The van der Waals surface area contributed by atoms with Gasteiger partial charge in [0, 0.05) is 12.4 Å². The number of aliphatic carboxylic acids is 1. The van der Waals surface area contributed by atoms with E-state index in [1.165, 1.54) is 0 Å². The van der Waals surface area contributed by atoms with Crippen LogP contribution in [0.1, 0.15) is 18.5 Å². The van der Waals surface area contributed by atoms with Gasteiger partial charge >= 0.3 is 12.0 Å². The van der Waals surface area contributed by atoms with Gasteiger partial charge < -0.3 is 15.2 Å². The van der Waals surface area contributed by atoms with Gasteiger partial charge in [0.2, 0.25) is 0 Å². The van der Waals surface area contributed by atoms with Crippen LogP contribution in [0.2, 0.25) is 0 Å². The van der Waals surface area contributed by atoms with Gasteiger partial charge in [0.25, 0.3) is 5.91 Å². The molecule has 0 spiro atoms. The number of amides is 3. The average Bonchev–Trinajstić information content (AvgIpc) is 2.38. The van der Waals surface area contributed by atoms with Crippen LogP contribution >= 0.6 is 0 Å². The first-order chi connectivity index (χ1) is 9.49. The van der Waals surface area contributed by atoms with Crippen LogP contribution in [0.4, 0.5) is 4.79 Å². The van der Waals surface area contributed by atoms with E-state index in [2.05, 4.69) is 15.0 Å². The lowest BCUT2D eigenvalue weighted by molar-refractivity contribution is -0.143. The standard InChI is InChI=1S/C12H15N3O5/c1-8(9-2-4-13-5-3-9)14-12(19)15-10(16)6-20-7-11(17)18/h2-5,8H,6-7H2,1H3,(H,17,18)(H2,14,15,16,19). The number of rotatable bonds is 6. The van der Waals surface area contributed by atoms with Crippen molar-refractivity contribution in [3.8, 4) is 0 Å². The van der Waals surface area contributed by atoms with Crippen molar-refractivity contribution in [2.75, 3.05) is 13.2 Å². The number of hydrogen-bond acceptors (Lipinski definition) is 5. The molecule has 1 heterocycles. The predicted octanol–water partition coefficient (Wildman–Crippen LogP) is 0.0696. The number of carbonyl (C=O) groups is 3. The van der Waals surface area contributed by atoms with Crippen LogP contribution < -0.4 is 10.6 Å². The Kier molecular flexibility index (Phi) is 6.11. The molecule has 1 aromatic rings. The minimum absolute atomic E-state index is 0.300. The molecule has 8 heteroatoms. The predicted molar refractivity (Wildman–Crippen MR) is 67.8 cm³/mol. The molecule has 1 aromatic heterocycles. The van der Waals surface area contributed by atoms with Crippen LogP contribution in [0.5, 0.6) is 0 Å². The summed E-state index contributed by atoms with van der Waals surface area (Å²) in [5, 5.41) is 12.9. The smallest absolute Gasteiger partial charge is 0.329 e. The minimum atomic E-state index is -1.19. The summed E-state index contributed by atoms with van der Waals surface area (Å²) in [7, 11) is 0. The van der Waals surface area contributed by atoms with Gasteiger partial charge in [-0.05, 0) is 24.6 Å². The molecule has 0 aliphatic carbocycles. The Morgan fingerprint density at radius 3 is 2.55 bits per heavy atom. The molecule has 0 bridgehead atoms. The van der Waals surface area contributed by atoms with E-state index in [0.29, 0.717) is 0 Å². The van der Waals surface area contributed by atoms with Crippen molar-refractivity contribution in [3.05, 3.63) is 30.1 Å². The van der Waals surface area contributed by atoms with Crippen LogP contribution in [0.25, 0.3) is 0 Å². The first-order valence-corrected chi connectivity index (χ1v) is 5.79. The molecule has 108 valence electrons. The van der Waals surface area contributed by atoms with Crippen LogP contribution in [-0.4, -0.2) is 41.2 Å². The van der Waals surface area contributed by atoms with Crippen molar-refractivity contribution in [2.45, 2.75) is 13.0 Å². The number of carboxylic acid groups (broad SMARTS) is 1. The number of hydrogen-bond donors (Lipinski definition) is 3. The lowest BCUT2D eigenvalue weighted by Crippen LogP contribution is -2.42. The highest BCUT2D eigenvalue weighted by molar-refractivity contribution is 5.95. The van der Waals surface area contributed by atoms with Crippen LogP contribution in [0, 0.1) is 0 Å². The van der Waals surface area contributed by atoms with E-state index in [-0.39, 0.29) is 6.04 Å². The van der Waals surface area contributed by atoms with Gasteiger partial charge in [-0.15, -0.1) is 0 Å². The lowest BCUT2D eigenvalue weighted by atomic mass is 10.1. The number of ether oxygens (including phenoxy) is 1. The summed E-state index contributed by atoms with van der Waals surface area (Å²) < 4.78 is 4.55. The highest BCUT2D eigenvalue weighted by Gasteiger charge is 2.12. The highest BCUT2D eigenvalue weighted by atomic mass is 16.5. The lowest BCUT2D eigenvalue weighted by Gasteiger charge is -2.14. The van der Waals surface area contributed by atoms with E-state index >= 15 is 0 Å². The monoisotopic (exact) mass is 281 g/mol. The van der Waals surface area contributed by atoms with Crippen molar-refractivity contribution in [1.82, 2.24) is 15.6 Å². The Bertz CT molecular complexity index is 477. The quantitative estimate of drug-likeness (QED) is 0.679. The van der Waals surface area contributed by atoms with Gasteiger partial charge in [-0.3, -0.25) is 15.1 Å². The van der Waals surface area contributed by atoms with Gasteiger partial charge in [-0.2, -0.15) is 0 Å². The Morgan fingerprint density at radius 2 is 1.95 bits per heavy atom. The molecule has 8 nitrogen and oxygen atoms in total. The maximum absolute atomic E-state index is 11.5. The Hall–Kier alpha value is -2.48. The molecular formula is C12H15N3O5. The van der Waals surface area contributed by atoms with Crippen molar-refractivity contribution in [2.24, 2.45) is 0 Å². The van der Waals surface area contributed by atoms with Crippen LogP contribution in [0.3, 0.4) is 0 Å². The summed E-state index contributed by atoms with van der Waals surface area (Å²) in [6.07, 6.45) is 3.19. The first-order valence-electron chi connectivity index (χ1n) is 5.79. The third-order valence-corrected chi connectivity index (χ3v) is 2.27. The third kappa shape index (κ3) is 5.91.